The zero-order valence-electron chi connectivity index (χ0n) is 40.3. The molecule has 2 nitrogen and oxygen atoms in total. The van der Waals surface area contributed by atoms with Crippen LogP contribution in [0.5, 0.6) is 0 Å². The summed E-state index contributed by atoms with van der Waals surface area (Å²) < 4.78 is 2.43. The molecule has 0 fully saturated rings. The monoisotopic (exact) mass is 918 g/mol. The fraction of sp³-hybridized carbons (Fsp3) is 0.0286. The van der Waals surface area contributed by atoms with Gasteiger partial charge in [0.1, 0.15) is 0 Å². The van der Waals surface area contributed by atoms with E-state index in [2.05, 4.69) is 290 Å². The van der Waals surface area contributed by atoms with Crippen molar-refractivity contribution in [3.63, 3.8) is 0 Å². The molecular weight excluding hydrogens is 869 g/mol. The molecule has 12 aromatic carbocycles. The van der Waals surface area contributed by atoms with E-state index in [0.717, 1.165) is 22.7 Å². The third kappa shape index (κ3) is 7.44. The van der Waals surface area contributed by atoms with E-state index in [4.69, 9.17) is 0 Å². The Kier molecular flexibility index (Phi) is 10.7. The van der Waals surface area contributed by atoms with Gasteiger partial charge < -0.3 is 9.47 Å². The Hall–Kier alpha value is -9.24. The first-order valence-electron chi connectivity index (χ1n) is 24.9. The van der Waals surface area contributed by atoms with Gasteiger partial charge in [-0.3, -0.25) is 0 Å². The molecule has 0 saturated heterocycles. The molecule has 0 atom stereocenters. The van der Waals surface area contributed by atoms with Crippen LogP contribution in [-0.2, 0) is 0 Å². The molecule has 0 N–H and O–H groups in total. The van der Waals surface area contributed by atoms with Crippen molar-refractivity contribution in [2.75, 3.05) is 4.90 Å². The van der Waals surface area contributed by atoms with E-state index in [9.17, 15) is 0 Å². The lowest BCUT2D eigenvalue weighted by Crippen LogP contribution is -2.12. The Balaban J connectivity index is 0.932. The fourth-order valence-electron chi connectivity index (χ4n) is 11.2. The molecule has 0 aliphatic rings. The molecule has 0 amide bonds. The second kappa shape index (κ2) is 17.9. The number of rotatable bonds is 9. The summed E-state index contributed by atoms with van der Waals surface area (Å²) in [6, 6.07) is 97.6. The highest BCUT2D eigenvalue weighted by Gasteiger charge is 2.22. The fourth-order valence-corrected chi connectivity index (χ4v) is 11.2. The topological polar surface area (TPSA) is 8.17 Å². The number of nitrogens with zero attached hydrogens (tertiary/aromatic N) is 2. The molecule has 0 radical (unpaired) electrons. The highest BCUT2D eigenvalue weighted by molar-refractivity contribution is 6.22. The van der Waals surface area contributed by atoms with E-state index in [1.165, 1.54) is 110 Å². The number of anilines is 3. The van der Waals surface area contributed by atoms with Crippen LogP contribution in [0.25, 0.3) is 105 Å². The van der Waals surface area contributed by atoms with Gasteiger partial charge in [0.25, 0.3) is 0 Å². The van der Waals surface area contributed by atoms with Gasteiger partial charge in [0.05, 0.1) is 11.0 Å². The van der Waals surface area contributed by atoms with Gasteiger partial charge in [-0.15, -0.1) is 0 Å². The van der Waals surface area contributed by atoms with Crippen LogP contribution < -0.4 is 4.90 Å². The molecule has 0 aliphatic heterocycles. The maximum atomic E-state index is 2.43. The van der Waals surface area contributed by atoms with Crippen molar-refractivity contribution in [2.45, 2.75) is 13.8 Å². The summed E-state index contributed by atoms with van der Waals surface area (Å²) in [4.78, 5) is 2.42. The Morgan fingerprint density at radius 1 is 0.278 bits per heavy atom. The molecule has 0 bridgehead atoms. The van der Waals surface area contributed by atoms with Gasteiger partial charge in [-0.2, -0.15) is 0 Å². The van der Waals surface area contributed by atoms with Crippen LogP contribution in [0.1, 0.15) is 11.1 Å². The molecule has 13 rings (SSSR count). The number of aryl methyl sites for hydroxylation is 2. The van der Waals surface area contributed by atoms with Gasteiger partial charge in [-0.05, 0) is 181 Å². The number of hydrogen-bond acceptors (Lipinski definition) is 1. The third-order valence-electron chi connectivity index (χ3n) is 14.6. The van der Waals surface area contributed by atoms with E-state index in [-0.39, 0.29) is 0 Å². The van der Waals surface area contributed by atoms with Crippen LogP contribution in [0.2, 0.25) is 0 Å². The van der Waals surface area contributed by atoms with Crippen LogP contribution in [0.4, 0.5) is 17.1 Å². The third-order valence-corrected chi connectivity index (χ3v) is 14.6. The second-order valence-electron chi connectivity index (χ2n) is 19.0. The lowest BCUT2D eigenvalue weighted by Gasteiger charge is -2.29. The predicted molar refractivity (Wildman–Crippen MR) is 307 cm³/mol. The molecule has 72 heavy (non-hydrogen) atoms. The number of hydrogen-bond donors (Lipinski definition) is 0. The Morgan fingerprint density at radius 2 is 0.694 bits per heavy atom. The van der Waals surface area contributed by atoms with Gasteiger partial charge >= 0.3 is 0 Å². The molecule has 0 aliphatic carbocycles. The van der Waals surface area contributed by atoms with Gasteiger partial charge in [0.15, 0.2) is 0 Å². The van der Waals surface area contributed by atoms with Crippen LogP contribution in [0.3, 0.4) is 0 Å². The largest absolute Gasteiger partial charge is 0.310 e. The van der Waals surface area contributed by atoms with Crippen LogP contribution >= 0.6 is 0 Å². The van der Waals surface area contributed by atoms with Gasteiger partial charge in [-0.1, -0.05) is 188 Å². The van der Waals surface area contributed by atoms with Crippen molar-refractivity contribution in [1.82, 2.24) is 4.57 Å². The molecule has 340 valence electrons. The van der Waals surface area contributed by atoms with E-state index >= 15 is 0 Å². The summed E-state index contributed by atoms with van der Waals surface area (Å²) in [6.45, 7) is 4.54. The SMILES string of the molecule is Cc1cc(N(c2ccccc2)c2ccc(-n3c4ccc(-c5ccccc5)cc4c4cc(-c5ccccc5)ccc43)cc2)c(C)cc1-c1c2ccccc2c(-c2cccc(-c3ccccc3)c2)c2ccccc12. The lowest BCUT2D eigenvalue weighted by molar-refractivity contribution is 1.17. The first-order chi connectivity index (χ1) is 35.6. The molecule has 1 heterocycles. The van der Waals surface area contributed by atoms with Crippen molar-refractivity contribution in [2.24, 2.45) is 0 Å². The van der Waals surface area contributed by atoms with E-state index in [1.807, 2.05) is 0 Å². The smallest absolute Gasteiger partial charge is 0.0541 e. The number of fused-ring (bicyclic) bond motifs is 5. The maximum absolute atomic E-state index is 2.43. The first kappa shape index (κ1) is 42.8. The lowest BCUT2D eigenvalue weighted by atomic mass is 9.84. The zero-order chi connectivity index (χ0) is 48.1. The second-order valence-corrected chi connectivity index (χ2v) is 19.0. The number of aromatic nitrogens is 1. The average Bonchev–Trinajstić information content (AvgIpc) is 3.77. The van der Waals surface area contributed by atoms with E-state index in [0.29, 0.717) is 0 Å². The van der Waals surface area contributed by atoms with Gasteiger partial charge in [0.2, 0.25) is 0 Å². The summed E-state index contributed by atoms with van der Waals surface area (Å²) in [5.74, 6) is 0. The van der Waals surface area contributed by atoms with Crippen molar-refractivity contribution in [1.29, 1.82) is 0 Å². The minimum Gasteiger partial charge on any atom is -0.310 e. The van der Waals surface area contributed by atoms with E-state index in [1.54, 1.807) is 0 Å². The minimum atomic E-state index is 1.09. The summed E-state index contributed by atoms with van der Waals surface area (Å²) >= 11 is 0. The van der Waals surface area contributed by atoms with Crippen molar-refractivity contribution < 1.29 is 0 Å². The Labute approximate surface area is 421 Å². The average molecular weight is 919 g/mol. The van der Waals surface area contributed by atoms with E-state index < -0.39 is 0 Å². The highest BCUT2D eigenvalue weighted by atomic mass is 15.1. The summed E-state index contributed by atoms with van der Waals surface area (Å²) in [5.41, 5.74) is 21.5. The van der Waals surface area contributed by atoms with Crippen molar-refractivity contribution in [3.8, 4) is 61.3 Å². The highest BCUT2D eigenvalue weighted by Crippen LogP contribution is 2.47. The molecule has 1 aromatic heterocycles. The molecule has 2 heteroatoms. The van der Waals surface area contributed by atoms with Gasteiger partial charge in [-0.25, -0.2) is 0 Å². The quantitative estimate of drug-likeness (QED) is 0.131. The normalized spacial score (nSPS) is 11.5. The number of para-hydroxylation sites is 1. The molecule has 0 saturated carbocycles. The molecular formula is C70H50N2. The summed E-state index contributed by atoms with van der Waals surface area (Å²) in [6.07, 6.45) is 0. The van der Waals surface area contributed by atoms with Gasteiger partial charge in [0, 0.05) is 33.5 Å². The Bertz CT molecular complexity index is 3980. The first-order valence-corrected chi connectivity index (χ1v) is 24.9. The van der Waals surface area contributed by atoms with Crippen LogP contribution in [0.15, 0.2) is 267 Å². The summed E-state index contributed by atoms with van der Waals surface area (Å²) in [5, 5.41) is 7.47. The van der Waals surface area contributed by atoms with Crippen LogP contribution in [-0.4, -0.2) is 4.57 Å². The zero-order valence-corrected chi connectivity index (χ0v) is 40.3. The molecule has 0 unspecified atom stereocenters. The van der Waals surface area contributed by atoms with Crippen molar-refractivity contribution in [3.05, 3.63) is 278 Å². The summed E-state index contributed by atoms with van der Waals surface area (Å²) in [7, 11) is 0. The van der Waals surface area contributed by atoms with Crippen molar-refractivity contribution >= 4 is 60.4 Å². The Morgan fingerprint density at radius 3 is 1.21 bits per heavy atom. The minimum absolute atomic E-state index is 1.09. The maximum Gasteiger partial charge on any atom is 0.0541 e. The molecule has 13 aromatic rings. The molecule has 0 spiro atoms. The van der Waals surface area contributed by atoms with Crippen LogP contribution in [0, 0.1) is 13.8 Å². The number of benzene rings is 12. The standard InChI is InChI=1S/C70H50N2/c1-47-43-68(48(2)42-63(47)70-61-32-17-15-30-59(61)69(60-31-16-18-33-62(60)70)55-27-19-26-52(44-55)49-20-7-3-8-21-49)71(56-28-13-6-14-29-56)57-36-38-58(39-37-57)72-66-40-34-53(50-22-9-4-10-23-50)45-64(66)65-46-54(35-41-67(65)72)51-24-11-5-12-25-51/h3-46H,1-2H3. The predicted octanol–water partition coefficient (Wildman–Crippen LogP) is 19.5.